The van der Waals surface area contributed by atoms with E-state index < -0.39 is 5.91 Å². The van der Waals surface area contributed by atoms with E-state index in [0.29, 0.717) is 30.5 Å². The highest BCUT2D eigenvalue weighted by Crippen LogP contribution is 2.37. The highest BCUT2D eigenvalue weighted by atomic mass is 79.9. The quantitative estimate of drug-likeness (QED) is 0.290. The summed E-state index contributed by atoms with van der Waals surface area (Å²) in [5.41, 5.74) is 4.21. The Morgan fingerprint density at radius 2 is 1.90 bits per heavy atom. The van der Waals surface area contributed by atoms with Gasteiger partial charge in [0.25, 0.3) is 0 Å². The maximum atomic E-state index is 12.0. The van der Waals surface area contributed by atoms with Gasteiger partial charge in [-0.2, -0.15) is 5.10 Å². The molecule has 30 heavy (non-hydrogen) atoms. The second-order valence-corrected chi connectivity index (χ2v) is 8.06. The molecule has 0 atom stereocenters. The van der Waals surface area contributed by atoms with E-state index in [2.05, 4.69) is 42.4 Å². The molecule has 0 aliphatic heterocycles. The van der Waals surface area contributed by atoms with Gasteiger partial charge in [0, 0.05) is 4.47 Å². The van der Waals surface area contributed by atoms with Crippen LogP contribution in [0, 0.1) is 6.92 Å². The van der Waals surface area contributed by atoms with Crippen molar-refractivity contribution in [3.05, 3.63) is 80.1 Å². The Morgan fingerprint density at radius 3 is 2.57 bits per heavy atom. The van der Waals surface area contributed by atoms with Crippen LogP contribution >= 0.6 is 31.9 Å². The second-order valence-electron chi connectivity index (χ2n) is 6.29. The summed E-state index contributed by atoms with van der Waals surface area (Å²) in [6, 6.07) is 14.9. The summed E-state index contributed by atoms with van der Waals surface area (Å²) < 4.78 is 18.7. The smallest absolute Gasteiger partial charge is 0.307 e. The van der Waals surface area contributed by atoms with Crippen molar-refractivity contribution in [2.75, 3.05) is 6.61 Å². The first-order valence-electron chi connectivity index (χ1n) is 9.19. The van der Waals surface area contributed by atoms with Gasteiger partial charge in [-0.1, -0.05) is 28.1 Å². The topological polar surface area (TPSA) is 73.1 Å². The van der Waals surface area contributed by atoms with Gasteiger partial charge in [0.1, 0.15) is 12.4 Å². The Bertz CT molecular complexity index is 1050. The number of carbonyl (C=O) groups is 1. The molecule has 0 unspecified atom stereocenters. The van der Waals surface area contributed by atoms with Crippen molar-refractivity contribution in [1.29, 1.82) is 0 Å². The third-order valence-electron chi connectivity index (χ3n) is 3.97. The van der Waals surface area contributed by atoms with Gasteiger partial charge in [0.2, 0.25) is 0 Å². The minimum atomic E-state index is -0.419. The molecular formula is C22H20Br2N2O4. The maximum Gasteiger partial charge on any atom is 0.307 e. The van der Waals surface area contributed by atoms with Crippen molar-refractivity contribution < 1.29 is 18.7 Å². The van der Waals surface area contributed by atoms with Gasteiger partial charge in [-0.25, -0.2) is 5.43 Å². The number of nitrogens with zero attached hydrogens (tertiary/aromatic N) is 1. The number of hydrogen-bond acceptors (Lipinski definition) is 5. The van der Waals surface area contributed by atoms with Gasteiger partial charge in [0.15, 0.2) is 17.3 Å². The average molecular weight is 536 g/mol. The molecule has 1 aromatic heterocycles. The highest BCUT2D eigenvalue weighted by Gasteiger charge is 2.13. The van der Waals surface area contributed by atoms with Crippen molar-refractivity contribution in [1.82, 2.24) is 5.43 Å². The lowest BCUT2D eigenvalue weighted by atomic mass is 10.2. The number of amides is 1. The predicted octanol–water partition coefficient (Wildman–Crippen LogP) is 5.85. The molecular weight excluding hydrogens is 516 g/mol. The molecule has 1 amide bonds. The Balaban J connectivity index is 1.71. The summed E-state index contributed by atoms with van der Waals surface area (Å²) in [5.74, 6) is 1.63. The summed E-state index contributed by atoms with van der Waals surface area (Å²) in [6.45, 7) is 4.56. The maximum absolute atomic E-state index is 12.0. The monoisotopic (exact) mass is 534 g/mol. The molecule has 0 spiro atoms. The van der Waals surface area contributed by atoms with Crippen molar-refractivity contribution in [3.63, 3.8) is 0 Å². The van der Waals surface area contributed by atoms with Crippen molar-refractivity contribution >= 4 is 44.0 Å². The van der Waals surface area contributed by atoms with E-state index in [4.69, 9.17) is 13.9 Å². The highest BCUT2D eigenvalue weighted by molar-refractivity contribution is 9.10. The van der Waals surface area contributed by atoms with Crippen molar-refractivity contribution in [3.8, 4) is 11.5 Å². The molecule has 0 fully saturated rings. The Hall–Kier alpha value is -2.58. The number of benzene rings is 2. The first kappa shape index (κ1) is 22.1. The van der Waals surface area contributed by atoms with Crippen LogP contribution in [-0.2, 0) is 6.61 Å². The number of hydrogen-bond donors (Lipinski definition) is 1. The molecule has 0 aliphatic rings. The first-order chi connectivity index (χ1) is 14.5. The van der Waals surface area contributed by atoms with Crippen molar-refractivity contribution in [2.45, 2.75) is 20.5 Å². The summed E-state index contributed by atoms with van der Waals surface area (Å²) in [7, 11) is 0. The molecule has 8 heteroatoms. The van der Waals surface area contributed by atoms with E-state index in [1.807, 2.05) is 37.3 Å². The summed E-state index contributed by atoms with van der Waals surface area (Å²) in [4.78, 5) is 12.0. The molecule has 3 aromatic rings. The molecule has 2 aromatic carbocycles. The normalized spacial score (nSPS) is 10.9. The fraction of sp³-hybridized carbons (Fsp3) is 0.182. The number of ether oxygens (including phenoxy) is 2. The predicted molar refractivity (Wildman–Crippen MR) is 122 cm³/mol. The zero-order valence-electron chi connectivity index (χ0n) is 16.4. The molecule has 0 saturated heterocycles. The van der Waals surface area contributed by atoms with Crippen LogP contribution in [0.4, 0.5) is 0 Å². The number of rotatable bonds is 8. The molecule has 3 rings (SSSR count). The van der Waals surface area contributed by atoms with Gasteiger partial charge in [-0.15, -0.1) is 0 Å². The SMILES string of the molecule is CCOc1cc(/C=N/NC(=O)c2ccc(C)o2)cc(Br)c1OCc1ccc(Br)cc1. The molecule has 0 radical (unpaired) electrons. The number of furan rings is 1. The zero-order valence-corrected chi connectivity index (χ0v) is 19.6. The van der Waals surface area contributed by atoms with E-state index in [1.54, 1.807) is 25.1 Å². The van der Waals surface area contributed by atoms with Gasteiger partial charge in [-0.05, 0) is 77.3 Å². The van der Waals surface area contributed by atoms with Gasteiger partial charge in [-0.3, -0.25) is 4.79 Å². The molecule has 1 N–H and O–H groups in total. The van der Waals surface area contributed by atoms with Crippen LogP contribution in [0.15, 0.2) is 67.0 Å². The van der Waals surface area contributed by atoms with Crippen LogP contribution in [0.5, 0.6) is 11.5 Å². The molecule has 156 valence electrons. The standard InChI is InChI=1S/C22H20Br2N2O4/c1-3-28-20-11-16(12-25-26-22(27)19-9-4-14(2)30-19)10-18(24)21(20)29-13-15-5-7-17(23)8-6-15/h4-12H,3,13H2,1-2H3,(H,26,27)/b25-12+. The lowest BCUT2D eigenvalue weighted by Crippen LogP contribution is -2.16. The van der Waals surface area contributed by atoms with Crippen LogP contribution < -0.4 is 14.9 Å². The lowest BCUT2D eigenvalue weighted by molar-refractivity contribution is 0.0926. The largest absolute Gasteiger partial charge is 0.490 e. The number of aryl methyl sites for hydroxylation is 1. The third kappa shape index (κ3) is 5.96. The number of halogens is 2. The van der Waals surface area contributed by atoms with Gasteiger partial charge < -0.3 is 13.9 Å². The zero-order chi connectivity index (χ0) is 21.5. The minimum Gasteiger partial charge on any atom is -0.490 e. The van der Waals surface area contributed by atoms with Crippen LogP contribution in [0.1, 0.15) is 34.4 Å². The van der Waals surface area contributed by atoms with Crippen LogP contribution in [0.25, 0.3) is 0 Å². The van der Waals surface area contributed by atoms with Crippen LogP contribution in [0.2, 0.25) is 0 Å². The minimum absolute atomic E-state index is 0.206. The Labute approximate surface area is 191 Å². The molecule has 0 bridgehead atoms. The fourth-order valence-electron chi connectivity index (χ4n) is 2.58. The molecule has 0 saturated carbocycles. The Kier molecular flexibility index (Phi) is 7.70. The Morgan fingerprint density at radius 1 is 1.13 bits per heavy atom. The van der Waals surface area contributed by atoms with E-state index in [0.717, 1.165) is 20.1 Å². The van der Waals surface area contributed by atoms with Crippen LogP contribution in [0.3, 0.4) is 0 Å². The van der Waals surface area contributed by atoms with Crippen LogP contribution in [-0.4, -0.2) is 18.7 Å². The summed E-state index contributed by atoms with van der Waals surface area (Å²) >= 11 is 6.96. The van der Waals surface area contributed by atoms with Gasteiger partial charge in [0.05, 0.1) is 17.3 Å². The van der Waals surface area contributed by atoms with Crippen molar-refractivity contribution in [2.24, 2.45) is 5.10 Å². The van der Waals surface area contributed by atoms with E-state index in [9.17, 15) is 4.79 Å². The first-order valence-corrected chi connectivity index (χ1v) is 10.8. The lowest BCUT2D eigenvalue weighted by Gasteiger charge is -2.14. The summed E-state index contributed by atoms with van der Waals surface area (Å²) in [6.07, 6.45) is 1.53. The van der Waals surface area contributed by atoms with E-state index in [1.165, 1.54) is 6.21 Å². The second kappa shape index (κ2) is 10.4. The third-order valence-corrected chi connectivity index (χ3v) is 5.09. The van der Waals surface area contributed by atoms with E-state index >= 15 is 0 Å². The number of hydrazone groups is 1. The summed E-state index contributed by atoms with van der Waals surface area (Å²) in [5, 5.41) is 3.99. The molecule has 1 heterocycles. The number of nitrogens with one attached hydrogen (secondary N) is 1. The van der Waals surface area contributed by atoms with Gasteiger partial charge >= 0.3 is 5.91 Å². The average Bonchev–Trinajstić information content (AvgIpc) is 3.15. The molecule has 6 nitrogen and oxygen atoms in total. The fourth-order valence-corrected chi connectivity index (χ4v) is 3.42. The molecule has 0 aliphatic carbocycles. The van der Waals surface area contributed by atoms with E-state index in [-0.39, 0.29) is 5.76 Å². The number of carbonyl (C=O) groups excluding carboxylic acids is 1.